The number of esters is 1. The first-order valence-corrected chi connectivity index (χ1v) is 6.20. The molecule has 4 heteroatoms. The molecule has 0 amide bonds. The van der Waals surface area contributed by atoms with Gasteiger partial charge in [-0.2, -0.15) is 0 Å². The molecule has 0 saturated heterocycles. The predicted octanol–water partition coefficient (Wildman–Crippen LogP) is 1.96. The Morgan fingerprint density at radius 3 is 2.50 bits per heavy atom. The van der Waals surface area contributed by atoms with Crippen LogP contribution >= 0.6 is 0 Å². The monoisotopic (exact) mass is 250 g/mol. The van der Waals surface area contributed by atoms with Crippen LogP contribution in [0, 0.1) is 11.8 Å². The summed E-state index contributed by atoms with van der Waals surface area (Å²) < 4.78 is 4.85. The summed E-state index contributed by atoms with van der Waals surface area (Å²) in [5, 5.41) is 0. The number of carbonyl (C=O) groups excluding carboxylic acids is 1. The number of rotatable bonds is 6. The van der Waals surface area contributed by atoms with Gasteiger partial charge in [-0.05, 0) is 30.7 Å². The minimum Gasteiger partial charge on any atom is -0.469 e. The van der Waals surface area contributed by atoms with E-state index in [4.69, 9.17) is 4.74 Å². The van der Waals surface area contributed by atoms with Crippen molar-refractivity contribution < 1.29 is 9.53 Å². The van der Waals surface area contributed by atoms with E-state index in [1.165, 1.54) is 12.7 Å². The lowest BCUT2D eigenvalue weighted by atomic mass is 9.95. The first-order valence-electron chi connectivity index (χ1n) is 6.20. The molecule has 0 fully saturated rings. The van der Waals surface area contributed by atoms with Gasteiger partial charge in [0.2, 0.25) is 0 Å². The van der Waals surface area contributed by atoms with Crippen LogP contribution in [0.1, 0.15) is 19.4 Å². The minimum absolute atomic E-state index is 0.0816. The fourth-order valence-corrected chi connectivity index (χ4v) is 1.91. The maximum Gasteiger partial charge on any atom is 0.310 e. The van der Waals surface area contributed by atoms with Crippen LogP contribution in [0.2, 0.25) is 0 Å². The predicted molar refractivity (Wildman–Crippen MR) is 70.9 cm³/mol. The van der Waals surface area contributed by atoms with Gasteiger partial charge in [0, 0.05) is 25.5 Å². The number of hydrogen-bond donors (Lipinski definition) is 0. The summed E-state index contributed by atoms with van der Waals surface area (Å²) in [4.78, 5) is 17.8. The van der Waals surface area contributed by atoms with Gasteiger partial charge in [-0.15, -0.1) is 0 Å². The van der Waals surface area contributed by atoms with Gasteiger partial charge < -0.3 is 9.64 Å². The standard InChI is InChI=1S/C14H22N2O2/c1-11(2)13(14(17)18-4)10-16(3)9-12-5-7-15-8-6-12/h5-8,11,13H,9-10H2,1-4H3. The van der Waals surface area contributed by atoms with Gasteiger partial charge in [0.15, 0.2) is 0 Å². The highest BCUT2D eigenvalue weighted by molar-refractivity contribution is 5.72. The third-order valence-corrected chi connectivity index (χ3v) is 3.02. The largest absolute Gasteiger partial charge is 0.469 e. The van der Waals surface area contributed by atoms with Crippen molar-refractivity contribution >= 4 is 5.97 Å². The zero-order chi connectivity index (χ0) is 13.5. The van der Waals surface area contributed by atoms with Gasteiger partial charge in [0.1, 0.15) is 0 Å². The molecule has 0 spiro atoms. The van der Waals surface area contributed by atoms with Crippen molar-refractivity contribution in [3.05, 3.63) is 30.1 Å². The second kappa shape index (κ2) is 7.11. The number of hydrogen-bond acceptors (Lipinski definition) is 4. The Labute approximate surface area is 109 Å². The number of carbonyl (C=O) groups is 1. The Kier molecular flexibility index (Phi) is 5.78. The molecule has 1 rings (SSSR count). The van der Waals surface area contributed by atoms with Crippen molar-refractivity contribution in [3.8, 4) is 0 Å². The van der Waals surface area contributed by atoms with Crippen LogP contribution in [0.25, 0.3) is 0 Å². The Bertz CT molecular complexity index is 365. The Morgan fingerprint density at radius 1 is 1.39 bits per heavy atom. The van der Waals surface area contributed by atoms with E-state index in [1.54, 1.807) is 12.4 Å². The highest BCUT2D eigenvalue weighted by atomic mass is 16.5. The summed E-state index contributed by atoms with van der Waals surface area (Å²) in [5.41, 5.74) is 1.19. The maximum absolute atomic E-state index is 11.7. The number of methoxy groups -OCH3 is 1. The van der Waals surface area contributed by atoms with Crippen LogP contribution in [-0.2, 0) is 16.1 Å². The van der Waals surface area contributed by atoms with Crippen LogP contribution in [0.5, 0.6) is 0 Å². The highest BCUT2D eigenvalue weighted by Crippen LogP contribution is 2.15. The molecule has 100 valence electrons. The molecule has 0 aliphatic rings. The molecule has 1 atom stereocenters. The molecule has 0 N–H and O–H groups in total. The fraction of sp³-hybridized carbons (Fsp3) is 0.571. The quantitative estimate of drug-likeness (QED) is 0.724. The molecule has 0 aliphatic carbocycles. The second-order valence-corrected chi connectivity index (χ2v) is 4.93. The zero-order valence-corrected chi connectivity index (χ0v) is 11.6. The summed E-state index contributed by atoms with van der Waals surface area (Å²) in [6.45, 7) is 5.60. The van der Waals surface area contributed by atoms with E-state index in [-0.39, 0.29) is 17.8 Å². The molecule has 1 heterocycles. The van der Waals surface area contributed by atoms with E-state index < -0.39 is 0 Å². The molecule has 0 radical (unpaired) electrons. The fourth-order valence-electron chi connectivity index (χ4n) is 1.91. The molecule has 1 aromatic rings. The van der Waals surface area contributed by atoms with Crippen LogP contribution in [0.3, 0.4) is 0 Å². The lowest BCUT2D eigenvalue weighted by Crippen LogP contribution is -2.34. The molecule has 1 aromatic heterocycles. The molecule has 0 bridgehead atoms. The Morgan fingerprint density at radius 2 is 2.00 bits per heavy atom. The van der Waals surface area contributed by atoms with Crippen molar-refractivity contribution in [1.82, 2.24) is 9.88 Å². The lowest BCUT2D eigenvalue weighted by molar-refractivity contribution is -0.147. The first-order chi connectivity index (χ1) is 8.54. The lowest BCUT2D eigenvalue weighted by Gasteiger charge is -2.24. The van der Waals surface area contributed by atoms with Crippen molar-refractivity contribution in [1.29, 1.82) is 0 Å². The minimum atomic E-state index is -0.133. The normalized spacial score (nSPS) is 12.8. The summed E-state index contributed by atoms with van der Waals surface area (Å²) in [7, 11) is 3.46. The molecular weight excluding hydrogens is 228 g/mol. The molecular formula is C14H22N2O2. The topological polar surface area (TPSA) is 42.4 Å². The Balaban J connectivity index is 2.56. The average molecular weight is 250 g/mol. The zero-order valence-electron chi connectivity index (χ0n) is 11.6. The van der Waals surface area contributed by atoms with Gasteiger partial charge >= 0.3 is 5.97 Å². The van der Waals surface area contributed by atoms with Gasteiger partial charge in [0.25, 0.3) is 0 Å². The number of ether oxygens (including phenoxy) is 1. The molecule has 4 nitrogen and oxygen atoms in total. The van der Waals surface area contributed by atoms with E-state index in [0.29, 0.717) is 6.54 Å². The van der Waals surface area contributed by atoms with E-state index in [1.807, 2.05) is 33.0 Å². The number of pyridine rings is 1. The molecule has 0 aliphatic heterocycles. The van der Waals surface area contributed by atoms with E-state index in [2.05, 4.69) is 9.88 Å². The summed E-state index contributed by atoms with van der Waals surface area (Å²) in [6.07, 6.45) is 3.56. The van der Waals surface area contributed by atoms with E-state index in [0.717, 1.165) is 6.54 Å². The van der Waals surface area contributed by atoms with Crippen LogP contribution in [-0.4, -0.2) is 36.6 Å². The summed E-state index contributed by atoms with van der Waals surface area (Å²) in [6, 6.07) is 3.97. The van der Waals surface area contributed by atoms with Crippen molar-refractivity contribution in [3.63, 3.8) is 0 Å². The molecule has 0 aromatic carbocycles. The molecule has 18 heavy (non-hydrogen) atoms. The second-order valence-electron chi connectivity index (χ2n) is 4.93. The van der Waals surface area contributed by atoms with Crippen molar-refractivity contribution in [2.75, 3.05) is 20.7 Å². The van der Waals surface area contributed by atoms with Gasteiger partial charge in [-0.3, -0.25) is 9.78 Å². The number of nitrogens with zero attached hydrogens (tertiary/aromatic N) is 2. The number of aromatic nitrogens is 1. The van der Waals surface area contributed by atoms with Crippen molar-refractivity contribution in [2.24, 2.45) is 11.8 Å². The van der Waals surface area contributed by atoms with Crippen LogP contribution in [0.15, 0.2) is 24.5 Å². The highest BCUT2D eigenvalue weighted by Gasteiger charge is 2.24. The SMILES string of the molecule is COC(=O)C(CN(C)Cc1ccncc1)C(C)C. The summed E-state index contributed by atoms with van der Waals surface area (Å²) in [5.74, 6) is 0.0609. The van der Waals surface area contributed by atoms with Gasteiger partial charge in [0.05, 0.1) is 13.0 Å². The maximum atomic E-state index is 11.7. The smallest absolute Gasteiger partial charge is 0.310 e. The van der Waals surface area contributed by atoms with Crippen LogP contribution in [0.4, 0.5) is 0 Å². The average Bonchev–Trinajstić information content (AvgIpc) is 2.36. The third kappa shape index (κ3) is 4.45. The first kappa shape index (κ1) is 14.6. The van der Waals surface area contributed by atoms with Crippen LogP contribution < -0.4 is 0 Å². The Hall–Kier alpha value is -1.42. The third-order valence-electron chi connectivity index (χ3n) is 3.02. The van der Waals surface area contributed by atoms with Crippen molar-refractivity contribution in [2.45, 2.75) is 20.4 Å². The van der Waals surface area contributed by atoms with E-state index in [9.17, 15) is 4.79 Å². The van der Waals surface area contributed by atoms with Gasteiger partial charge in [-0.1, -0.05) is 13.8 Å². The molecule has 1 unspecified atom stereocenters. The summed E-state index contributed by atoms with van der Waals surface area (Å²) >= 11 is 0. The van der Waals surface area contributed by atoms with Gasteiger partial charge in [-0.25, -0.2) is 0 Å². The van der Waals surface area contributed by atoms with E-state index >= 15 is 0 Å². The molecule has 0 saturated carbocycles.